The molecule has 216 valence electrons. The molecule has 0 bridgehead atoms. The van der Waals surface area contributed by atoms with Gasteiger partial charge in [-0.15, -0.1) is 0 Å². The minimum absolute atomic E-state index is 0.0184. The summed E-state index contributed by atoms with van der Waals surface area (Å²) in [5.74, 6) is 0.526. The van der Waals surface area contributed by atoms with Gasteiger partial charge in [0.1, 0.15) is 12.4 Å². The number of carbonyl (C=O) groups excluding carboxylic acids is 2. The average Bonchev–Trinajstić information content (AvgIpc) is 2.94. The molecule has 0 aliphatic carbocycles. The summed E-state index contributed by atoms with van der Waals surface area (Å²) < 4.78 is 11.5. The Bertz CT molecular complexity index is 1420. The molecule has 1 saturated heterocycles. The Balaban J connectivity index is 1.43. The second kappa shape index (κ2) is 11.8. The first-order valence-corrected chi connectivity index (χ1v) is 14.5. The molecule has 2 heterocycles. The van der Waals surface area contributed by atoms with Crippen molar-refractivity contribution in [3.63, 3.8) is 0 Å². The van der Waals surface area contributed by atoms with Crippen molar-refractivity contribution in [1.29, 1.82) is 0 Å². The van der Waals surface area contributed by atoms with Gasteiger partial charge in [0, 0.05) is 48.9 Å². The highest BCUT2D eigenvalue weighted by Crippen LogP contribution is 2.51. The highest BCUT2D eigenvalue weighted by Gasteiger charge is 2.47. The van der Waals surface area contributed by atoms with Crippen LogP contribution in [0.2, 0.25) is 5.02 Å². The number of carbonyl (C=O) groups is 2. The van der Waals surface area contributed by atoms with Crippen LogP contribution in [0.1, 0.15) is 55.6 Å². The predicted molar refractivity (Wildman–Crippen MR) is 163 cm³/mol. The zero-order valence-corrected chi connectivity index (χ0v) is 25.0. The fraction of sp³-hybridized carbons (Fsp3) is 0.394. The molecule has 2 aliphatic heterocycles. The van der Waals surface area contributed by atoms with Gasteiger partial charge in [0.05, 0.1) is 23.8 Å². The molecule has 5 rings (SSSR count). The largest absolute Gasteiger partial charge is 0.492 e. The lowest BCUT2D eigenvalue weighted by Gasteiger charge is -2.51. The monoisotopic (exact) mass is 575 g/mol. The number of hydrogen-bond acceptors (Lipinski definition) is 5. The third kappa shape index (κ3) is 6.13. The van der Waals surface area contributed by atoms with Crippen LogP contribution in [0.3, 0.4) is 0 Å². The average molecular weight is 576 g/mol. The van der Waals surface area contributed by atoms with E-state index in [1.807, 2.05) is 35.2 Å². The third-order valence-electron chi connectivity index (χ3n) is 8.19. The number of anilines is 2. The van der Waals surface area contributed by atoms with E-state index < -0.39 is 11.0 Å². The molecule has 1 N–H and O–H groups in total. The zero-order valence-electron chi connectivity index (χ0n) is 24.2. The second-order valence-electron chi connectivity index (χ2n) is 11.7. The molecule has 3 aromatic carbocycles. The van der Waals surface area contributed by atoms with Crippen LogP contribution in [0.25, 0.3) is 0 Å². The van der Waals surface area contributed by atoms with E-state index in [1.165, 1.54) is 0 Å². The number of amides is 2. The maximum Gasteiger partial charge on any atom is 0.257 e. The van der Waals surface area contributed by atoms with Crippen molar-refractivity contribution in [1.82, 2.24) is 4.90 Å². The number of ether oxygens (including phenoxy) is 2. The van der Waals surface area contributed by atoms with Crippen LogP contribution in [0.15, 0.2) is 66.7 Å². The van der Waals surface area contributed by atoms with E-state index in [0.29, 0.717) is 29.3 Å². The predicted octanol–water partition coefficient (Wildman–Crippen LogP) is 6.14. The molecule has 1 unspecified atom stereocenters. The minimum Gasteiger partial charge on any atom is -0.492 e. The van der Waals surface area contributed by atoms with Gasteiger partial charge in [0.15, 0.2) is 0 Å². The lowest BCUT2D eigenvalue weighted by atomic mass is 9.65. The standard InChI is InChI=1S/C33H38ClN3O4/c1-23(38)37-30-14-11-25(35-31(39)27-7-5-6-8-29(27)34)21-28(30)33(4,22-32(37,2)3)24-9-12-26(13-10-24)41-20-17-36-15-18-40-19-16-36/h5-14,21H,15-20,22H2,1-4H3,(H,35,39). The Morgan fingerprint density at radius 1 is 1.00 bits per heavy atom. The van der Waals surface area contributed by atoms with Crippen LogP contribution >= 0.6 is 11.6 Å². The molecule has 1 fully saturated rings. The lowest BCUT2D eigenvalue weighted by Crippen LogP contribution is -2.55. The number of nitrogens with zero attached hydrogens (tertiary/aromatic N) is 2. The minimum atomic E-state index is -0.428. The van der Waals surface area contributed by atoms with Crippen molar-refractivity contribution in [3.8, 4) is 5.75 Å². The Kier molecular flexibility index (Phi) is 8.41. The van der Waals surface area contributed by atoms with Crippen molar-refractivity contribution in [2.24, 2.45) is 0 Å². The summed E-state index contributed by atoms with van der Waals surface area (Å²) in [7, 11) is 0. The van der Waals surface area contributed by atoms with Crippen molar-refractivity contribution in [2.75, 3.05) is 49.7 Å². The van der Waals surface area contributed by atoms with Gasteiger partial charge in [-0.1, -0.05) is 42.8 Å². The smallest absolute Gasteiger partial charge is 0.257 e. The number of fused-ring (bicyclic) bond motifs is 1. The third-order valence-corrected chi connectivity index (χ3v) is 8.52. The van der Waals surface area contributed by atoms with Gasteiger partial charge in [-0.05, 0) is 73.9 Å². The SMILES string of the molecule is CC(=O)N1c2ccc(NC(=O)c3ccccc3Cl)cc2C(C)(c2ccc(OCCN3CCOCC3)cc2)CC1(C)C. The molecule has 2 aliphatic rings. The molecule has 1 atom stereocenters. The molecule has 0 spiro atoms. The Hall–Kier alpha value is -3.39. The van der Waals surface area contributed by atoms with E-state index in [2.05, 4.69) is 43.1 Å². The molecular weight excluding hydrogens is 538 g/mol. The number of morpholine rings is 1. The first kappa shape index (κ1) is 29.1. The molecule has 7 nitrogen and oxygen atoms in total. The quantitative estimate of drug-likeness (QED) is 0.366. The highest BCUT2D eigenvalue weighted by atomic mass is 35.5. The van der Waals surface area contributed by atoms with E-state index in [4.69, 9.17) is 21.1 Å². The summed E-state index contributed by atoms with van der Waals surface area (Å²) in [4.78, 5) is 30.2. The van der Waals surface area contributed by atoms with Crippen molar-refractivity contribution in [2.45, 2.75) is 45.1 Å². The van der Waals surface area contributed by atoms with E-state index in [-0.39, 0.29) is 11.8 Å². The topological polar surface area (TPSA) is 71.1 Å². The first-order chi connectivity index (χ1) is 19.6. The second-order valence-corrected chi connectivity index (χ2v) is 12.1. The van der Waals surface area contributed by atoms with Gasteiger partial charge < -0.3 is 19.7 Å². The first-order valence-electron chi connectivity index (χ1n) is 14.1. The van der Waals surface area contributed by atoms with Gasteiger partial charge in [-0.3, -0.25) is 14.5 Å². The van der Waals surface area contributed by atoms with Crippen LogP contribution < -0.4 is 15.0 Å². The van der Waals surface area contributed by atoms with Gasteiger partial charge in [0.25, 0.3) is 5.91 Å². The Labute approximate surface area is 247 Å². The van der Waals surface area contributed by atoms with Crippen LogP contribution in [0.5, 0.6) is 5.75 Å². The van der Waals surface area contributed by atoms with Gasteiger partial charge in [-0.2, -0.15) is 0 Å². The van der Waals surface area contributed by atoms with E-state index in [9.17, 15) is 9.59 Å². The zero-order chi connectivity index (χ0) is 29.2. The number of rotatable bonds is 7. The summed E-state index contributed by atoms with van der Waals surface area (Å²) >= 11 is 6.27. The van der Waals surface area contributed by atoms with Crippen LogP contribution in [-0.4, -0.2) is 61.7 Å². The summed E-state index contributed by atoms with van der Waals surface area (Å²) in [5.41, 5.74) is 3.13. The van der Waals surface area contributed by atoms with Gasteiger partial charge >= 0.3 is 0 Å². The maximum atomic E-state index is 13.1. The molecule has 41 heavy (non-hydrogen) atoms. The van der Waals surface area contributed by atoms with Crippen LogP contribution in [0.4, 0.5) is 11.4 Å². The van der Waals surface area contributed by atoms with E-state index >= 15 is 0 Å². The Morgan fingerprint density at radius 2 is 1.71 bits per heavy atom. The number of nitrogens with one attached hydrogen (secondary N) is 1. The van der Waals surface area contributed by atoms with Crippen LogP contribution in [-0.2, 0) is 14.9 Å². The number of halogens is 1. The van der Waals surface area contributed by atoms with Crippen LogP contribution in [0, 0.1) is 0 Å². The summed E-state index contributed by atoms with van der Waals surface area (Å²) in [6.45, 7) is 12.9. The van der Waals surface area contributed by atoms with E-state index in [0.717, 1.165) is 55.4 Å². The lowest BCUT2D eigenvalue weighted by molar-refractivity contribution is -0.117. The fourth-order valence-electron chi connectivity index (χ4n) is 6.35. The van der Waals surface area contributed by atoms with E-state index in [1.54, 1.807) is 31.2 Å². The summed E-state index contributed by atoms with van der Waals surface area (Å²) in [6, 6.07) is 21.0. The fourth-order valence-corrected chi connectivity index (χ4v) is 6.57. The van der Waals surface area contributed by atoms with Crippen molar-refractivity contribution >= 4 is 34.8 Å². The summed E-state index contributed by atoms with van der Waals surface area (Å²) in [6.07, 6.45) is 0.700. The molecular formula is C33H38ClN3O4. The molecule has 0 saturated carbocycles. The molecule has 2 amide bonds. The number of benzene rings is 3. The molecule has 0 aromatic heterocycles. The maximum absolute atomic E-state index is 13.1. The summed E-state index contributed by atoms with van der Waals surface area (Å²) in [5, 5.41) is 3.40. The molecule has 8 heteroatoms. The van der Waals surface area contributed by atoms with Gasteiger partial charge in [-0.25, -0.2) is 0 Å². The van der Waals surface area contributed by atoms with Crippen molar-refractivity contribution in [3.05, 3.63) is 88.4 Å². The molecule has 3 aromatic rings. The van der Waals surface area contributed by atoms with Gasteiger partial charge in [0.2, 0.25) is 5.91 Å². The highest BCUT2D eigenvalue weighted by molar-refractivity contribution is 6.34. The molecule has 0 radical (unpaired) electrons. The van der Waals surface area contributed by atoms with Crippen molar-refractivity contribution < 1.29 is 19.1 Å². The number of hydrogen-bond donors (Lipinski definition) is 1. The Morgan fingerprint density at radius 3 is 2.39 bits per heavy atom. The normalized spacial score (nSPS) is 20.3.